The van der Waals surface area contributed by atoms with Crippen molar-refractivity contribution >= 4 is 5.97 Å². The van der Waals surface area contributed by atoms with Crippen molar-refractivity contribution in [3.8, 4) is 0 Å². The topological polar surface area (TPSA) is 46.5 Å². The third-order valence-electron chi connectivity index (χ3n) is 8.20. The third-order valence-corrected chi connectivity index (χ3v) is 8.20. The number of carbonyl (C=O) groups excluding carboxylic acids is 1. The van der Waals surface area contributed by atoms with Crippen LogP contribution in [-0.4, -0.2) is 24.3 Å². The molecule has 0 aromatic carbocycles. The van der Waals surface area contributed by atoms with Gasteiger partial charge in [-0.2, -0.15) is 0 Å². The number of esters is 1. The normalized spacial score (nSPS) is 12.2. The van der Waals surface area contributed by atoms with E-state index in [1.165, 1.54) is 154 Å². The molecule has 1 N–H and O–H groups in total. The van der Waals surface area contributed by atoms with E-state index >= 15 is 0 Å². The molecule has 0 aliphatic heterocycles. The van der Waals surface area contributed by atoms with E-state index in [0.717, 1.165) is 25.7 Å². The van der Waals surface area contributed by atoms with Crippen LogP contribution in [0.3, 0.4) is 0 Å². The van der Waals surface area contributed by atoms with Gasteiger partial charge in [0.25, 0.3) is 0 Å². The van der Waals surface area contributed by atoms with Gasteiger partial charge in [0.05, 0.1) is 6.61 Å². The molecule has 0 amide bonds. The van der Waals surface area contributed by atoms with E-state index in [2.05, 4.69) is 13.8 Å². The highest BCUT2D eigenvalue weighted by Gasteiger charge is 2.15. The summed E-state index contributed by atoms with van der Waals surface area (Å²) < 4.78 is 5.56. The molecule has 0 aliphatic rings. The molecule has 228 valence electrons. The van der Waals surface area contributed by atoms with Crippen LogP contribution in [0.25, 0.3) is 0 Å². The van der Waals surface area contributed by atoms with Crippen LogP contribution >= 0.6 is 0 Å². The van der Waals surface area contributed by atoms with Gasteiger partial charge < -0.3 is 9.84 Å². The van der Waals surface area contributed by atoms with Crippen molar-refractivity contribution in [1.82, 2.24) is 0 Å². The lowest BCUT2D eigenvalue weighted by Crippen LogP contribution is -2.13. The standard InChI is InChI=1S/C35H70O3/c1-3-5-7-9-11-13-15-16-18-20-22-26-30-34(33-35(37)38-32-28-24-23-27-31-36)29-25-21-19-17-14-12-10-8-6-4-2/h34,36H,3-33H2,1-2H3. The van der Waals surface area contributed by atoms with Gasteiger partial charge in [0.1, 0.15) is 0 Å². The number of unbranched alkanes of at least 4 members (excludes halogenated alkanes) is 23. The van der Waals surface area contributed by atoms with Crippen LogP contribution in [0.2, 0.25) is 0 Å². The van der Waals surface area contributed by atoms with Crippen molar-refractivity contribution in [2.45, 2.75) is 200 Å². The summed E-state index contributed by atoms with van der Waals surface area (Å²) in [5.74, 6) is 0.525. The molecular weight excluding hydrogens is 468 g/mol. The first-order chi connectivity index (χ1) is 18.7. The Morgan fingerprint density at radius 3 is 1.24 bits per heavy atom. The van der Waals surface area contributed by atoms with Gasteiger partial charge in [-0.3, -0.25) is 4.79 Å². The van der Waals surface area contributed by atoms with Crippen LogP contribution in [0, 0.1) is 5.92 Å². The average Bonchev–Trinajstić information content (AvgIpc) is 2.92. The number of carbonyl (C=O) groups is 1. The fourth-order valence-electron chi connectivity index (χ4n) is 5.59. The number of aliphatic hydroxyl groups is 1. The molecule has 0 aromatic heterocycles. The predicted molar refractivity (Wildman–Crippen MR) is 167 cm³/mol. The first-order valence-electron chi connectivity index (χ1n) is 17.5. The van der Waals surface area contributed by atoms with E-state index in [1.807, 2.05) is 0 Å². The largest absolute Gasteiger partial charge is 0.466 e. The summed E-state index contributed by atoms with van der Waals surface area (Å²) >= 11 is 0. The molecule has 0 fully saturated rings. The van der Waals surface area contributed by atoms with Crippen molar-refractivity contribution < 1.29 is 14.6 Å². The van der Waals surface area contributed by atoms with E-state index < -0.39 is 0 Å². The van der Waals surface area contributed by atoms with Crippen LogP contribution in [0.1, 0.15) is 200 Å². The fraction of sp³-hybridized carbons (Fsp3) is 0.971. The van der Waals surface area contributed by atoms with Crippen molar-refractivity contribution in [3.63, 3.8) is 0 Å². The lowest BCUT2D eigenvalue weighted by atomic mass is 9.91. The molecule has 0 spiro atoms. The van der Waals surface area contributed by atoms with Gasteiger partial charge in [0.15, 0.2) is 0 Å². The van der Waals surface area contributed by atoms with Gasteiger partial charge in [-0.1, -0.05) is 162 Å². The van der Waals surface area contributed by atoms with E-state index in [0.29, 0.717) is 18.9 Å². The minimum absolute atomic E-state index is 0.0168. The smallest absolute Gasteiger partial charge is 0.306 e. The summed E-state index contributed by atoms with van der Waals surface area (Å²) in [6.45, 7) is 5.38. The maximum Gasteiger partial charge on any atom is 0.306 e. The maximum absolute atomic E-state index is 12.5. The van der Waals surface area contributed by atoms with E-state index in [9.17, 15) is 4.79 Å². The molecule has 0 saturated carbocycles. The first-order valence-corrected chi connectivity index (χ1v) is 17.5. The Hall–Kier alpha value is -0.570. The van der Waals surface area contributed by atoms with Crippen molar-refractivity contribution in [2.24, 2.45) is 5.92 Å². The summed E-state index contributed by atoms with van der Waals surface area (Å²) in [5.41, 5.74) is 0. The van der Waals surface area contributed by atoms with E-state index in [-0.39, 0.29) is 12.6 Å². The van der Waals surface area contributed by atoms with Crippen molar-refractivity contribution in [2.75, 3.05) is 13.2 Å². The van der Waals surface area contributed by atoms with Crippen LogP contribution in [-0.2, 0) is 9.53 Å². The predicted octanol–water partition coefficient (Wildman–Crippen LogP) is 11.5. The molecule has 38 heavy (non-hydrogen) atoms. The molecule has 0 bridgehead atoms. The van der Waals surface area contributed by atoms with E-state index in [1.54, 1.807) is 0 Å². The fourth-order valence-corrected chi connectivity index (χ4v) is 5.59. The first kappa shape index (κ1) is 37.4. The Balaban J connectivity index is 4.00. The second-order valence-corrected chi connectivity index (χ2v) is 12.1. The Labute approximate surface area is 239 Å². The second-order valence-electron chi connectivity index (χ2n) is 12.1. The summed E-state index contributed by atoms with van der Waals surface area (Å²) in [5, 5.41) is 8.88. The molecule has 0 rings (SSSR count). The summed E-state index contributed by atoms with van der Waals surface area (Å²) in [6.07, 6.45) is 37.2. The molecule has 3 heteroatoms. The lowest BCUT2D eigenvalue weighted by Gasteiger charge is -2.16. The maximum atomic E-state index is 12.5. The van der Waals surface area contributed by atoms with Crippen LogP contribution in [0.15, 0.2) is 0 Å². The Morgan fingerprint density at radius 1 is 0.500 bits per heavy atom. The molecule has 0 heterocycles. The second kappa shape index (κ2) is 32.6. The van der Waals surface area contributed by atoms with Crippen LogP contribution < -0.4 is 0 Å². The molecule has 3 nitrogen and oxygen atoms in total. The van der Waals surface area contributed by atoms with Crippen molar-refractivity contribution in [3.05, 3.63) is 0 Å². The zero-order chi connectivity index (χ0) is 27.8. The summed E-state index contributed by atoms with van der Waals surface area (Å²) in [4.78, 5) is 12.5. The SMILES string of the molecule is CCCCCCCCCCCCCCC(CCCCCCCCCCCC)CC(=O)OCCCCCCO. The quantitative estimate of drug-likeness (QED) is 0.0684. The molecule has 0 radical (unpaired) electrons. The zero-order valence-corrected chi connectivity index (χ0v) is 26.3. The molecule has 1 atom stereocenters. The van der Waals surface area contributed by atoms with Crippen LogP contribution in [0.4, 0.5) is 0 Å². The number of rotatable bonds is 32. The summed E-state index contributed by atoms with van der Waals surface area (Å²) in [7, 11) is 0. The van der Waals surface area contributed by atoms with Gasteiger partial charge in [0, 0.05) is 13.0 Å². The monoisotopic (exact) mass is 539 g/mol. The molecule has 1 unspecified atom stereocenters. The number of hydrogen-bond donors (Lipinski definition) is 1. The van der Waals surface area contributed by atoms with Crippen LogP contribution in [0.5, 0.6) is 0 Å². The molecule has 0 saturated heterocycles. The molecule has 0 aliphatic carbocycles. The number of hydrogen-bond acceptors (Lipinski definition) is 3. The minimum Gasteiger partial charge on any atom is -0.466 e. The minimum atomic E-state index is 0.0168. The van der Waals surface area contributed by atoms with Gasteiger partial charge >= 0.3 is 5.97 Å². The van der Waals surface area contributed by atoms with Gasteiger partial charge in [-0.15, -0.1) is 0 Å². The lowest BCUT2D eigenvalue weighted by molar-refractivity contribution is -0.145. The average molecular weight is 539 g/mol. The van der Waals surface area contributed by atoms with E-state index in [4.69, 9.17) is 9.84 Å². The Kier molecular flexibility index (Phi) is 32.2. The van der Waals surface area contributed by atoms with Crippen molar-refractivity contribution in [1.29, 1.82) is 0 Å². The molecular formula is C35H70O3. The number of aliphatic hydroxyl groups excluding tert-OH is 1. The Bertz CT molecular complexity index is 450. The van der Waals surface area contributed by atoms with Gasteiger partial charge in [0.2, 0.25) is 0 Å². The van der Waals surface area contributed by atoms with Gasteiger partial charge in [-0.25, -0.2) is 0 Å². The zero-order valence-electron chi connectivity index (χ0n) is 26.3. The number of ether oxygens (including phenoxy) is 1. The molecule has 0 aromatic rings. The highest BCUT2D eigenvalue weighted by molar-refractivity contribution is 5.69. The van der Waals surface area contributed by atoms with Gasteiger partial charge in [-0.05, 0) is 38.0 Å². The summed E-state index contributed by atoms with van der Waals surface area (Å²) in [6, 6.07) is 0. The third kappa shape index (κ3) is 30.0. The highest BCUT2D eigenvalue weighted by Crippen LogP contribution is 2.23. The highest BCUT2D eigenvalue weighted by atomic mass is 16.5. The Morgan fingerprint density at radius 2 is 0.842 bits per heavy atom.